The van der Waals surface area contributed by atoms with Crippen molar-refractivity contribution < 1.29 is 13.9 Å². The summed E-state index contributed by atoms with van der Waals surface area (Å²) in [6, 6.07) is 3.03. The molecule has 0 heterocycles. The van der Waals surface area contributed by atoms with Crippen LogP contribution in [0.1, 0.15) is 0 Å². The average molecular weight is 232 g/mol. The predicted octanol–water partition coefficient (Wildman–Crippen LogP) is 1.24. The van der Waals surface area contributed by atoms with Crippen molar-refractivity contribution in [1.29, 1.82) is 0 Å². The van der Waals surface area contributed by atoms with Crippen LogP contribution in [0.25, 0.3) is 0 Å². The number of aliphatic hydroxyl groups excluding tert-OH is 1. The first kappa shape index (κ1) is 11.8. The highest BCUT2D eigenvalue weighted by molar-refractivity contribution is 7.80. The smallest absolute Gasteiger partial charge is 0.170 e. The zero-order valence-corrected chi connectivity index (χ0v) is 8.57. The molecule has 0 saturated heterocycles. The molecule has 0 aliphatic rings. The van der Waals surface area contributed by atoms with Crippen LogP contribution in [0.4, 0.5) is 14.5 Å². The molecule has 15 heavy (non-hydrogen) atoms. The molecule has 3 nitrogen and oxygen atoms in total. The SMILES string of the molecule is OCCNC(=S)Nc1cc(F)ccc1F. The van der Waals surface area contributed by atoms with Gasteiger partial charge in [0, 0.05) is 12.6 Å². The van der Waals surface area contributed by atoms with Crippen molar-refractivity contribution in [2.75, 3.05) is 18.5 Å². The fourth-order valence-electron chi connectivity index (χ4n) is 0.929. The lowest BCUT2D eigenvalue weighted by atomic mass is 10.3. The molecule has 1 rings (SSSR count). The van der Waals surface area contributed by atoms with E-state index in [4.69, 9.17) is 17.3 Å². The van der Waals surface area contributed by atoms with Gasteiger partial charge in [-0.3, -0.25) is 0 Å². The van der Waals surface area contributed by atoms with Crippen LogP contribution in [-0.2, 0) is 0 Å². The van der Waals surface area contributed by atoms with E-state index in [0.29, 0.717) is 0 Å². The van der Waals surface area contributed by atoms with Gasteiger partial charge in [0.15, 0.2) is 5.11 Å². The summed E-state index contributed by atoms with van der Waals surface area (Å²) < 4.78 is 25.8. The number of thiocarbonyl (C=S) groups is 1. The van der Waals surface area contributed by atoms with Crippen molar-refractivity contribution in [3.05, 3.63) is 29.8 Å². The molecule has 0 atom stereocenters. The number of hydrogen-bond acceptors (Lipinski definition) is 2. The van der Waals surface area contributed by atoms with Crippen LogP contribution >= 0.6 is 12.2 Å². The summed E-state index contributed by atoms with van der Waals surface area (Å²) in [4.78, 5) is 0. The van der Waals surface area contributed by atoms with Crippen LogP contribution in [0, 0.1) is 11.6 Å². The van der Waals surface area contributed by atoms with Crippen molar-refractivity contribution in [3.63, 3.8) is 0 Å². The summed E-state index contributed by atoms with van der Waals surface area (Å²) in [7, 11) is 0. The molecule has 0 bridgehead atoms. The fourth-order valence-corrected chi connectivity index (χ4v) is 1.14. The van der Waals surface area contributed by atoms with Gasteiger partial charge in [0.1, 0.15) is 11.6 Å². The van der Waals surface area contributed by atoms with Gasteiger partial charge in [-0.2, -0.15) is 0 Å². The monoisotopic (exact) mass is 232 g/mol. The van der Waals surface area contributed by atoms with E-state index in [9.17, 15) is 8.78 Å². The van der Waals surface area contributed by atoms with Crippen LogP contribution < -0.4 is 10.6 Å². The van der Waals surface area contributed by atoms with Crippen LogP contribution in [0.15, 0.2) is 18.2 Å². The highest BCUT2D eigenvalue weighted by Gasteiger charge is 2.04. The first-order valence-corrected chi connectivity index (χ1v) is 4.65. The second-order valence-corrected chi connectivity index (χ2v) is 3.14. The number of aliphatic hydroxyl groups is 1. The largest absolute Gasteiger partial charge is 0.395 e. The molecule has 0 spiro atoms. The normalized spacial score (nSPS) is 9.80. The van der Waals surface area contributed by atoms with E-state index in [-0.39, 0.29) is 24.0 Å². The van der Waals surface area contributed by atoms with E-state index < -0.39 is 11.6 Å². The fraction of sp³-hybridized carbons (Fsp3) is 0.222. The standard InChI is InChI=1S/C9H10F2N2OS/c10-6-1-2-7(11)8(5-6)13-9(15)12-3-4-14/h1-2,5,14H,3-4H2,(H2,12,13,15). The second kappa shape index (κ2) is 5.57. The maximum absolute atomic E-state index is 13.1. The van der Waals surface area contributed by atoms with Crippen molar-refractivity contribution in [2.45, 2.75) is 0 Å². The Kier molecular flexibility index (Phi) is 4.38. The van der Waals surface area contributed by atoms with Gasteiger partial charge in [0.25, 0.3) is 0 Å². The van der Waals surface area contributed by atoms with Crippen LogP contribution in [0.2, 0.25) is 0 Å². The lowest BCUT2D eigenvalue weighted by Crippen LogP contribution is -2.31. The van der Waals surface area contributed by atoms with E-state index in [1.54, 1.807) is 0 Å². The van der Waals surface area contributed by atoms with E-state index in [1.807, 2.05) is 0 Å². The quantitative estimate of drug-likeness (QED) is 0.686. The topological polar surface area (TPSA) is 44.3 Å². The van der Waals surface area contributed by atoms with Crippen molar-refractivity contribution in [3.8, 4) is 0 Å². The average Bonchev–Trinajstić information content (AvgIpc) is 2.20. The minimum atomic E-state index is -0.593. The molecule has 0 amide bonds. The highest BCUT2D eigenvalue weighted by atomic mass is 32.1. The third kappa shape index (κ3) is 3.77. The van der Waals surface area contributed by atoms with E-state index in [2.05, 4.69) is 10.6 Å². The first-order chi connectivity index (χ1) is 7.13. The van der Waals surface area contributed by atoms with Gasteiger partial charge >= 0.3 is 0 Å². The third-order valence-corrected chi connectivity index (χ3v) is 1.82. The van der Waals surface area contributed by atoms with Gasteiger partial charge in [-0.1, -0.05) is 0 Å². The minimum Gasteiger partial charge on any atom is -0.395 e. The number of anilines is 1. The van der Waals surface area contributed by atoms with Crippen LogP contribution in [-0.4, -0.2) is 23.4 Å². The molecule has 82 valence electrons. The Morgan fingerprint density at radius 3 is 2.80 bits per heavy atom. The third-order valence-electron chi connectivity index (χ3n) is 1.57. The van der Waals surface area contributed by atoms with Gasteiger partial charge in [-0.25, -0.2) is 8.78 Å². The van der Waals surface area contributed by atoms with Gasteiger partial charge in [0.05, 0.1) is 12.3 Å². The minimum absolute atomic E-state index is 0.0366. The zero-order chi connectivity index (χ0) is 11.3. The first-order valence-electron chi connectivity index (χ1n) is 4.24. The number of halogens is 2. The van der Waals surface area contributed by atoms with E-state index in [0.717, 1.165) is 18.2 Å². The molecule has 1 aromatic carbocycles. The van der Waals surface area contributed by atoms with Crippen molar-refractivity contribution in [2.24, 2.45) is 0 Å². The highest BCUT2D eigenvalue weighted by Crippen LogP contribution is 2.14. The molecule has 0 aliphatic carbocycles. The molecule has 1 aromatic rings. The number of hydrogen-bond donors (Lipinski definition) is 3. The maximum atomic E-state index is 13.1. The number of nitrogens with one attached hydrogen (secondary N) is 2. The van der Waals surface area contributed by atoms with Crippen molar-refractivity contribution >= 4 is 23.0 Å². The summed E-state index contributed by atoms with van der Waals surface area (Å²) in [6.45, 7) is 0.163. The molecule has 0 aliphatic heterocycles. The molecule has 0 aromatic heterocycles. The molecule has 0 saturated carbocycles. The Bertz CT molecular complexity index is 360. The molecular weight excluding hydrogens is 222 g/mol. The molecule has 0 unspecified atom stereocenters. The Morgan fingerprint density at radius 1 is 1.40 bits per heavy atom. The molecular formula is C9H10F2N2OS. The summed E-state index contributed by atoms with van der Waals surface area (Å²) in [6.07, 6.45) is 0. The van der Waals surface area contributed by atoms with Crippen molar-refractivity contribution in [1.82, 2.24) is 5.32 Å². The van der Waals surface area contributed by atoms with Gasteiger partial charge < -0.3 is 15.7 Å². The Labute approximate surface area is 91.1 Å². The Hall–Kier alpha value is -1.27. The summed E-state index contributed by atoms with van der Waals surface area (Å²) in [5.74, 6) is -1.14. The number of benzene rings is 1. The van der Waals surface area contributed by atoms with Gasteiger partial charge in [-0.05, 0) is 24.4 Å². The van der Waals surface area contributed by atoms with Gasteiger partial charge in [-0.15, -0.1) is 0 Å². The Morgan fingerprint density at radius 2 is 2.13 bits per heavy atom. The van der Waals surface area contributed by atoms with Crippen LogP contribution in [0.3, 0.4) is 0 Å². The molecule has 0 fully saturated rings. The lowest BCUT2D eigenvalue weighted by molar-refractivity contribution is 0.300. The lowest BCUT2D eigenvalue weighted by Gasteiger charge is -2.09. The summed E-state index contributed by atoms with van der Waals surface area (Å²) in [5.41, 5.74) is -0.0366. The van der Waals surface area contributed by atoms with Crippen LogP contribution in [0.5, 0.6) is 0 Å². The summed E-state index contributed by atoms with van der Waals surface area (Å²) in [5, 5.41) is 13.7. The zero-order valence-electron chi connectivity index (χ0n) is 7.76. The molecule has 0 radical (unpaired) electrons. The molecule has 6 heteroatoms. The second-order valence-electron chi connectivity index (χ2n) is 2.73. The summed E-state index contributed by atoms with van der Waals surface area (Å²) >= 11 is 4.78. The van der Waals surface area contributed by atoms with E-state index >= 15 is 0 Å². The van der Waals surface area contributed by atoms with E-state index in [1.165, 1.54) is 0 Å². The molecule has 3 N–H and O–H groups in total. The number of rotatable bonds is 3. The maximum Gasteiger partial charge on any atom is 0.170 e. The predicted molar refractivity (Wildman–Crippen MR) is 57.7 cm³/mol. The van der Waals surface area contributed by atoms with Gasteiger partial charge in [0.2, 0.25) is 0 Å². The Balaban J connectivity index is 2.63.